The Morgan fingerprint density at radius 2 is 1.73 bits per heavy atom. The molecular weight excluding hydrogens is 709 g/mol. The third kappa shape index (κ3) is 16.9. The molecule has 1 heterocycles. The molecule has 3 aromatic rings. The zero-order valence-electron chi connectivity index (χ0n) is 31.6. The Labute approximate surface area is 318 Å². The number of nitrogens with two attached hydrogens (primary N) is 1. The van der Waals surface area contributed by atoms with Crippen LogP contribution in [0.4, 0.5) is 0 Å². The van der Waals surface area contributed by atoms with Gasteiger partial charge in [-0.3, -0.25) is 14.9 Å². The number of amides is 1. The van der Waals surface area contributed by atoms with Crippen molar-refractivity contribution in [1.29, 1.82) is 5.41 Å². The fraction of sp³-hybridized carbons (Fsp3) is 0.486. The molecule has 290 valence electrons. The zero-order chi connectivity index (χ0) is 39.8. The SMILES string of the molecule is CCC(C)C.CCC(CCN(C)C(=O)CCNC)c1cc(-c2ccc(OCc3ccc(C(=O)O)c(O)c3)c(Cl)c2Cl)nn1C.CNCC=O.N=CN. The van der Waals surface area contributed by atoms with Crippen molar-refractivity contribution in [3.8, 4) is 22.8 Å². The van der Waals surface area contributed by atoms with Crippen LogP contribution in [0.25, 0.3) is 11.3 Å². The van der Waals surface area contributed by atoms with E-state index in [-0.39, 0.29) is 34.8 Å². The number of nitrogens with zero attached hydrogens (tertiary/aromatic N) is 3. The highest BCUT2D eigenvalue weighted by atomic mass is 35.5. The summed E-state index contributed by atoms with van der Waals surface area (Å²) >= 11 is 13.2. The molecule has 52 heavy (non-hydrogen) atoms. The van der Waals surface area contributed by atoms with Crippen LogP contribution in [0, 0.1) is 11.3 Å². The molecule has 13 nitrogen and oxygen atoms in total. The van der Waals surface area contributed by atoms with Crippen molar-refractivity contribution in [1.82, 2.24) is 25.3 Å². The van der Waals surface area contributed by atoms with Crippen LogP contribution in [0.15, 0.2) is 36.4 Å². The molecule has 7 N–H and O–H groups in total. The first-order valence-electron chi connectivity index (χ1n) is 17.0. The minimum atomic E-state index is -1.21. The normalized spacial score (nSPS) is 10.8. The number of nitrogens with one attached hydrogen (secondary N) is 3. The Bertz CT molecular complexity index is 1530. The number of likely N-dealkylation sites (N-methyl/N-ethyl adjacent to an activating group) is 1. The van der Waals surface area contributed by atoms with E-state index in [0.717, 1.165) is 37.1 Å². The van der Waals surface area contributed by atoms with E-state index in [4.69, 9.17) is 38.5 Å². The maximum atomic E-state index is 12.3. The van der Waals surface area contributed by atoms with Gasteiger partial charge in [-0.25, -0.2) is 4.79 Å². The number of carbonyl (C=O) groups is 3. The lowest BCUT2D eigenvalue weighted by atomic mass is 9.97. The predicted octanol–water partition coefficient (Wildman–Crippen LogP) is 6.34. The quantitative estimate of drug-likeness (QED) is 0.0544. The second kappa shape index (κ2) is 26.6. The number of aromatic hydroxyl groups is 1. The van der Waals surface area contributed by atoms with Crippen LogP contribution in [-0.2, 0) is 23.2 Å². The fourth-order valence-corrected chi connectivity index (χ4v) is 4.86. The Kier molecular flexibility index (Phi) is 24.5. The lowest BCUT2D eigenvalue weighted by molar-refractivity contribution is -0.129. The summed E-state index contributed by atoms with van der Waals surface area (Å²) in [4.78, 5) is 34.5. The van der Waals surface area contributed by atoms with Gasteiger partial charge in [0, 0.05) is 50.8 Å². The van der Waals surface area contributed by atoms with E-state index in [0.29, 0.717) is 53.6 Å². The number of hydrogen-bond donors (Lipinski definition) is 6. The van der Waals surface area contributed by atoms with Gasteiger partial charge in [0.1, 0.15) is 35.0 Å². The molecule has 0 bridgehead atoms. The average molecular weight is 767 g/mol. The minimum Gasteiger partial charge on any atom is -0.507 e. The number of ether oxygens (including phenoxy) is 1. The second-order valence-electron chi connectivity index (χ2n) is 12.0. The molecule has 1 aromatic heterocycles. The third-order valence-corrected chi connectivity index (χ3v) is 8.63. The van der Waals surface area contributed by atoms with Gasteiger partial charge in [0.2, 0.25) is 5.91 Å². The molecule has 0 aliphatic heterocycles. The maximum absolute atomic E-state index is 12.3. The van der Waals surface area contributed by atoms with Crippen molar-refractivity contribution < 1.29 is 29.3 Å². The van der Waals surface area contributed by atoms with Gasteiger partial charge in [0.15, 0.2) is 0 Å². The van der Waals surface area contributed by atoms with Gasteiger partial charge in [0.05, 0.1) is 23.6 Å². The summed E-state index contributed by atoms with van der Waals surface area (Å²) in [5.41, 5.74) is 7.16. The molecule has 0 aliphatic rings. The van der Waals surface area contributed by atoms with E-state index >= 15 is 0 Å². The van der Waals surface area contributed by atoms with Gasteiger partial charge < -0.3 is 41.0 Å². The number of carboxylic acid groups (broad SMARTS) is 1. The maximum Gasteiger partial charge on any atom is 0.339 e. The summed E-state index contributed by atoms with van der Waals surface area (Å²) in [5, 5.41) is 35.7. The van der Waals surface area contributed by atoms with Gasteiger partial charge in [-0.2, -0.15) is 5.10 Å². The van der Waals surface area contributed by atoms with Crippen molar-refractivity contribution in [3.05, 3.63) is 63.3 Å². The van der Waals surface area contributed by atoms with Crippen molar-refractivity contribution in [3.63, 3.8) is 0 Å². The van der Waals surface area contributed by atoms with Gasteiger partial charge >= 0.3 is 5.97 Å². The van der Waals surface area contributed by atoms with Gasteiger partial charge in [-0.1, -0.05) is 63.4 Å². The number of aldehydes is 1. The highest BCUT2D eigenvalue weighted by Crippen LogP contribution is 2.40. The predicted molar refractivity (Wildman–Crippen MR) is 210 cm³/mol. The molecule has 1 unspecified atom stereocenters. The number of phenols is 1. The zero-order valence-corrected chi connectivity index (χ0v) is 33.1. The number of halogens is 2. The number of hydrogen-bond acceptors (Lipinski definition) is 9. The van der Waals surface area contributed by atoms with Crippen LogP contribution >= 0.6 is 23.2 Å². The average Bonchev–Trinajstić information content (AvgIpc) is 3.49. The summed E-state index contributed by atoms with van der Waals surface area (Å²) in [6.45, 7) is 10.6. The number of aromatic nitrogens is 2. The van der Waals surface area contributed by atoms with Crippen LogP contribution in [0.2, 0.25) is 10.0 Å². The number of aromatic carboxylic acids is 1. The Morgan fingerprint density at radius 1 is 1.10 bits per heavy atom. The molecule has 15 heteroatoms. The van der Waals surface area contributed by atoms with E-state index in [1.807, 2.05) is 31.9 Å². The second-order valence-corrected chi connectivity index (χ2v) is 12.8. The Morgan fingerprint density at radius 3 is 2.21 bits per heavy atom. The number of benzene rings is 2. The molecule has 0 radical (unpaired) electrons. The van der Waals surface area contributed by atoms with Crippen LogP contribution in [0.3, 0.4) is 0 Å². The van der Waals surface area contributed by atoms with Crippen molar-refractivity contribution in [2.45, 2.75) is 65.9 Å². The van der Waals surface area contributed by atoms with E-state index in [1.54, 1.807) is 30.1 Å². The van der Waals surface area contributed by atoms with Gasteiger partial charge in [-0.15, -0.1) is 0 Å². The standard InChI is InChI=1S/C28H34Cl2N4O5.C5H12.C3H7NO.CH4N2/c1-5-18(11-13-33(3)25(36)10-12-31-2)22-15-21(32-34(22)4)19-8-9-24(27(30)26(19)29)39-16-17-6-7-20(28(37)38)23(35)14-17;1-4-5(2)3;1-4-2-3-5;2-1-3/h6-9,14-15,18,31,35H,5,10-13,16H2,1-4H3,(H,37,38);5H,4H2,1-3H3;3-4H,2H2,1H3;1H,(H3,2,3). The van der Waals surface area contributed by atoms with E-state index in [2.05, 4.69) is 49.2 Å². The van der Waals surface area contributed by atoms with Gasteiger partial charge in [0.25, 0.3) is 0 Å². The van der Waals surface area contributed by atoms with Crippen molar-refractivity contribution in [2.75, 3.05) is 40.8 Å². The lowest BCUT2D eigenvalue weighted by Gasteiger charge is -2.21. The number of carbonyl (C=O) groups excluding carboxylic acids is 2. The first-order chi connectivity index (χ1) is 24.7. The van der Waals surface area contributed by atoms with Crippen LogP contribution in [0.1, 0.15) is 80.9 Å². The molecular formula is C37H57Cl2N7O6. The highest BCUT2D eigenvalue weighted by Gasteiger charge is 2.21. The number of rotatable bonds is 16. The number of aryl methyl sites for hydroxylation is 1. The summed E-state index contributed by atoms with van der Waals surface area (Å²) in [6, 6.07) is 9.70. The number of carboxylic acids is 1. The summed E-state index contributed by atoms with van der Waals surface area (Å²) in [6.07, 6.45) is 5.04. The van der Waals surface area contributed by atoms with E-state index in [1.165, 1.54) is 18.6 Å². The summed E-state index contributed by atoms with van der Waals surface area (Å²) in [7, 11) is 7.28. The molecule has 2 aromatic carbocycles. The third-order valence-electron chi connectivity index (χ3n) is 7.77. The van der Waals surface area contributed by atoms with Crippen LogP contribution in [0.5, 0.6) is 11.5 Å². The Balaban J connectivity index is 0.00000172. The first kappa shape index (κ1) is 47.8. The largest absolute Gasteiger partial charge is 0.507 e. The minimum absolute atomic E-state index is 0.0562. The van der Waals surface area contributed by atoms with Gasteiger partial charge in [-0.05, 0) is 68.8 Å². The van der Waals surface area contributed by atoms with E-state index < -0.39 is 5.97 Å². The molecule has 0 aliphatic carbocycles. The molecule has 0 saturated heterocycles. The highest BCUT2D eigenvalue weighted by molar-refractivity contribution is 6.44. The lowest BCUT2D eigenvalue weighted by Crippen LogP contribution is -2.30. The van der Waals surface area contributed by atoms with Crippen molar-refractivity contribution in [2.24, 2.45) is 18.7 Å². The topological polar surface area (TPSA) is 196 Å². The fourth-order valence-electron chi connectivity index (χ4n) is 4.39. The molecule has 0 spiro atoms. The Hall–Kier alpha value is -4.17. The smallest absolute Gasteiger partial charge is 0.339 e. The molecule has 0 saturated carbocycles. The molecule has 0 fully saturated rings. The summed E-state index contributed by atoms with van der Waals surface area (Å²) < 4.78 is 7.64. The van der Waals surface area contributed by atoms with Crippen LogP contribution in [-0.4, -0.2) is 90.2 Å². The van der Waals surface area contributed by atoms with Crippen LogP contribution < -0.4 is 21.1 Å². The first-order valence-corrected chi connectivity index (χ1v) is 17.8. The summed E-state index contributed by atoms with van der Waals surface area (Å²) in [5.74, 6) is -0.00235. The molecule has 1 atom stereocenters. The molecule has 1 amide bonds. The monoisotopic (exact) mass is 765 g/mol. The van der Waals surface area contributed by atoms with Crippen molar-refractivity contribution >= 4 is 47.7 Å². The molecule has 3 rings (SSSR count). The van der Waals surface area contributed by atoms with E-state index in [9.17, 15) is 19.5 Å².